The first kappa shape index (κ1) is 12.3. The minimum Gasteiger partial charge on any atom is -0.508 e. The molecule has 16 heavy (non-hydrogen) atoms. The normalized spacial score (nSPS) is 10.7. The summed E-state index contributed by atoms with van der Waals surface area (Å²) in [5, 5.41) is 9.37. The van der Waals surface area contributed by atoms with Crippen LogP contribution in [0.25, 0.3) is 6.08 Å². The van der Waals surface area contributed by atoms with Crippen molar-refractivity contribution in [2.45, 2.75) is 20.3 Å². The number of phenols is 1. The fourth-order valence-corrected chi connectivity index (χ4v) is 1.57. The average Bonchev–Trinajstić information content (AvgIpc) is 2.21. The molecule has 1 aromatic carbocycles. The van der Waals surface area contributed by atoms with E-state index in [1.165, 1.54) is 7.11 Å². The van der Waals surface area contributed by atoms with Crippen LogP contribution in [0, 0.1) is 13.8 Å². The summed E-state index contributed by atoms with van der Waals surface area (Å²) in [4.78, 5) is 10.9. The molecule has 3 nitrogen and oxygen atoms in total. The van der Waals surface area contributed by atoms with Gasteiger partial charge in [-0.15, -0.1) is 0 Å². The summed E-state index contributed by atoms with van der Waals surface area (Å²) < 4.78 is 4.54. The van der Waals surface area contributed by atoms with Crippen molar-refractivity contribution < 1.29 is 14.6 Å². The average molecular weight is 220 g/mol. The van der Waals surface area contributed by atoms with Gasteiger partial charge in [0.05, 0.1) is 13.5 Å². The summed E-state index contributed by atoms with van der Waals surface area (Å²) in [6.45, 7) is 3.84. The Morgan fingerprint density at radius 2 is 1.94 bits per heavy atom. The van der Waals surface area contributed by atoms with Crippen molar-refractivity contribution in [1.29, 1.82) is 0 Å². The number of benzene rings is 1. The SMILES string of the molecule is COC(=O)CC=Cc1c(C)cc(O)cc1C. The lowest BCUT2D eigenvalue weighted by Gasteiger charge is -2.05. The number of carbonyl (C=O) groups excluding carboxylic acids is 1. The predicted octanol–water partition coefficient (Wildman–Crippen LogP) is 2.59. The van der Waals surface area contributed by atoms with Crippen molar-refractivity contribution in [3.05, 3.63) is 34.9 Å². The molecule has 1 N–H and O–H groups in total. The van der Waals surface area contributed by atoms with Gasteiger partial charge in [0.25, 0.3) is 0 Å². The third-order valence-electron chi connectivity index (χ3n) is 2.38. The van der Waals surface area contributed by atoms with E-state index in [9.17, 15) is 9.90 Å². The molecule has 86 valence electrons. The second kappa shape index (κ2) is 5.35. The molecule has 0 unspecified atom stereocenters. The molecule has 0 aliphatic rings. The van der Waals surface area contributed by atoms with Crippen molar-refractivity contribution in [3.63, 3.8) is 0 Å². The Morgan fingerprint density at radius 3 is 2.44 bits per heavy atom. The van der Waals surface area contributed by atoms with E-state index < -0.39 is 0 Å². The molecule has 3 heteroatoms. The first-order chi connectivity index (χ1) is 7.54. The number of methoxy groups -OCH3 is 1. The number of esters is 1. The standard InChI is InChI=1S/C13H16O3/c1-9-7-11(14)8-10(2)12(9)5-4-6-13(15)16-3/h4-5,7-8,14H,6H2,1-3H3. The van der Waals surface area contributed by atoms with Crippen LogP contribution in [0.1, 0.15) is 23.1 Å². The molecule has 0 spiro atoms. The molecule has 0 aliphatic heterocycles. The van der Waals surface area contributed by atoms with Gasteiger partial charge in [0, 0.05) is 0 Å². The molecule has 0 bridgehead atoms. The van der Waals surface area contributed by atoms with Gasteiger partial charge in [-0.1, -0.05) is 12.2 Å². The Labute approximate surface area is 95.4 Å². The molecule has 1 aromatic rings. The molecule has 0 fully saturated rings. The van der Waals surface area contributed by atoms with Crippen molar-refractivity contribution in [3.8, 4) is 5.75 Å². The Morgan fingerprint density at radius 1 is 1.38 bits per heavy atom. The Bertz CT molecular complexity index is 396. The van der Waals surface area contributed by atoms with E-state index in [1.807, 2.05) is 19.9 Å². The van der Waals surface area contributed by atoms with E-state index in [4.69, 9.17) is 0 Å². The zero-order valence-electron chi connectivity index (χ0n) is 9.78. The number of hydrogen-bond donors (Lipinski definition) is 1. The van der Waals surface area contributed by atoms with E-state index in [-0.39, 0.29) is 18.1 Å². The second-order valence-electron chi connectivity index (χ2n) is 3.68. The minimum atomic E-state index is -0.259. The highest BCUT2D eigenvalue weighted by molar-refractivity contribution is 5.73. The lowest BCUT2D eigenvalue weighted by molar-refractivity contribution is -0.139. The van der Waals surface area contributed by atoms with Gasteiger partial charge < -0.3 is 9.84 Å². The Hall–Kier alpha value is -1.77. The fraction of sp³-hybridized carbons (Fsp3) is 0.308. The number of rotatable bonds is 3. The third-order valence-corrected chi connectivity index (χ3v) is 2.38. The fourth-order valence-electron chi connectivity index (χ4n) is 1.57. The molecule has 0 atom stereocenters. The maximum Gasteiger partial charge on any atom is 0.309 e. The molecule has 1 rings (SSSR count). The topological polar surface area (TPSA) is 46.5 Å². The van der Waals surface area contributed by atoms with Crippen molar-refractivity contribution in [1.82, 2.24) is 0 Å². The van der Waals surface area contributed by atoms with Crippen LogP contribution in [-0.2, 0) is 9.53 Å². The van der Waals surface area contributed by atoms with Gasteiger partial charge in [-0.2, -0.15) is 0 Å². The van der Waals surface area contributed by atoms with Crippen molar-refractivity contribution >= 4 is 12.0 Å². The maximum atomic E-state index is 10.9. The predicted molar refractivity (Wildman–Crippen MR) is 63.2 cm³/mol. The smallest absolute Gasteiger partial charge is 0.309 e. The lowest BCUT2D eigenvalue weighted by atomic mass is 10.0. The third kappa shape index (κ3) is 3.12. The number of phenolic OH excluding ortho intramolecular Hbond substituents is 1. The Kier molecular flexibility index (Phi) is 4.11. The molecule has 0 radical (unpaired) electrons. The van der Waals surface area contributed by atoms with Crippen LogP contribution >= 0.6 is 0 Å². The summed E-state index contributed by atoms with van der Waals surface area (Å²) in [5.41, 5.74) is 3.00. The first-order valence-corrected chi connectivity index (χ1v) is 5.08. The largest absolute Gasteiger partial charge is 0.508 e. The quantitative estimate of drug-likeness (QED) is 0.796. The van der Waals surface area contributed by atoms with Crippen LogP contribution in [-0.4, -0.2) is 18.2 Å². The number of carbonyl (C=O) groups is 1. The molecule has 0 amide bonds. The molecular weight excluding hydrogens is 204 g/mol. The second-order valence-corrected chi connectivity index (χ2v) is 3.68. The summed E-state index contributed by atoms with van der Waals surface area (Å²) in [6.07, 6.45) is 3.90. The van der Waals surface area contributed by atoms with Gasteiger partial charge in [0.1, 0.15) is 5.75 Å². The van der Waals surface area contributed by atoms with Crippen molar-refractivity contribution in [2.24, 2.45) is 0 Å². The maximum absolute atomic E-state index is 10.9. The molecular formula is C13H16O3. The van der Waals surface area contributed by atoms with Crippen LogP contribution in [0.2, 0.25) is 0 Å². The van der Waals surface area contributed by atoms with Gasteiger partial charge in [-0.25, -0.2) is 0 Å². The first-order valence-electron chi connectivity index (χ1n) is 5.08. The molecule has 0 aliphatic carbocycles. The van der Waals surface area contributed by atoms with Crippen molar-refractivity contribution in [2.75, 3.05) is 7.11 Å². The van der Waals surface area contributed by atoms with Crippen LogP contribution in [0.15, 0.2) is 18.2 Å². The van der Waals surface area contributed by atoms with E-state index in [2.05, 4.69) is 4.74 Å². The zero-order chi connectivity index (χ0) is 12.1. The number of aromatic hydroxyl groups is 1. The van der Waals surface area contributed by atoms with Crippen LogP contribution in [0.4, 0.5) is 0 Å². The zero-order valence-corrected chi connectivity index (χ0v) is 9.78. The monoisotopic (exact) mass is 220 g/mol. The van der Waals surface area contributed by atoms with Gasteiger partial charge in [-0.3, -0.25) is 4.79 Å². The summed E-state index contributed by atoms with van der Waals surface area (Å²) >= 11 is 0. The molecule has 0 saturated heterocycles. The van der Waals surface area contributed by atoms with E-state index in [1.54, 1.807) is 18.2 Å². The highest BCUT2D eigenvalue weighted by Gasteiger charge is 2.02. The summed E-state index contributed by atoms with van der Waals surface area (Å²) in [6, 6.07) is 3.40. The van der Waals surface area contributed by atoms with E-state index >= 15 is 0 Å². The van der Waals surface area contributed by atoms with Gasteiger partial charge >= 0.3 is 5.97 Å². The molecule has 0 heterocycles. The molecule has 0 aromatic heterocycles. The number of aryl methyl sites for hydroxylation is 2. The lowest BCUT2D eigenvalue weighted by Crippen LogP contribution is -1.96. The Balaban J connectivity index is 2.85. The highest BCUT2D eigenvalue weighted by atomic mass is 16.5. The molecule has 0 saturated carbocycles. The van der Waals surface area contributed by atoms with E-state index in [0.717, 1.165) is 16.7 Å². The van der Waals surface area contributed by atoms with Crippen LogP contribution in [0.5, 0.6) is 5.75 Å². The number of hydrogen-bond acceptors (Lipinski definition) is 3. The van der Waals surface area contributed by atoms with Gasteiger partial charge in [-0.05, 0) is 42.7 Å². The van der Waals surface area contributed by atoms with Gasteiger partial charge in [0.15, 0.2) is 0 Å². The summed E-state index contributed by atoms with van der Waals surface area (Å²) in [7, 11) is 1.37. The van der Waals surface area contributed by atoms with Gasteiger partial charge in [0.2, 0.25) is 0 Å². The van der Waals surface area contributed by atoms with E-state index in [0.29, 0.717) is 0 Å². The minimum absolute atomic E-state index is 0.259. The van der Waals surface area contributed by atoms with Crippen LogP contribution < -0.4 is 0 Å². The summed E-state index contributed by atoms with van der Waals surface area (Å²) in [5.74, 6) is 0.00505. The highest BCUT2D eigenvalue weighted by Crippen LogP contribution is 2.21. The number of ether oxygens (including phenoxy) is 1. The van der Waals surface area contributed by atoms with Crippen LogP contribution in [0.3, 0.4) is 0 Å².